The van der Waals surface area contributed by atoms with Crippen molar-refractivity contribution in [2.45, 2.75) is 45.4 Å². The van der Waals surface area contributed by atoms with Crippen LogP contribution in [0, 0.1) is 18.8 Å². The van der Waals surface area contributed by atoms with E-state index in [0.29, 0.717) is 17.7 Å². The number of piperidine rings is 1. The first-order valence-electron chi connectivity index (χ1n) is 9.07. The maximum Gasteiger partial charge on any atom is 0.225 e. The van der Waals surface area contributed by atoms with E-state index in [9.17, 15) is 4.79 Å². The average Bonchev–Trinajstić information content (AvgIpc) is 2.82. The average molecular weight is 310 g/mol. The van der Waals surface area contributed by atoms with Gasteiger partial charge in [-0.2, -0.15) is 0 Å². The van der Waals surface area contributed by atoms with E-state index in [0.717, 1.165) is 45.2 Å². The second kappa shape index (κ2) is 6.03. The maximum absolute atomic E-state index is 12.4. The molecule has 0 unspecified atom stereocenters. The van der Waals surface area contributed by atoms with Crippen LogP contribution in [0.25, 0.3) is 10.9 Å². The molecule has 1 saturated carbocycles. The Morgan fingerprint density at radius 2 is 1.91 bits per heavy atom. The van der Waals surface area contributed by atoms with E-state index < -0.39 is 0 Å². The molecule has 1 N–H and O–H groups in total. The van der Waals surface area contributed by atoms with Crippen LogP contribution >= 0.6 is 0 Å². The number of aromatic amines is 1. The van der Waals surface area contributed by atoms with E-state index in [1.165, 1.54) is 28.6 Å². The van der Waals surface area contributed by atoms with Crippen LogP contribution in [0.15, 0.2) is 24.3 Å². The number of aromatic nitrogens is 1. The molecule has 4 rings (SSSR count). The monoisotopic (exact) mass is 310 g/mol. The Hall–Kier alpha value is -1.77. The summed E-state index contributed by atoms with van der Waals surface area (Å²) >= 11 is 0. The van der Waals surface area contributed by atoms with Crippen LogP contribution in [-0.4, -0.2) is 28.9 Å². The number of nitrogens with one attached hydrogen (secondary N) is 1. The molecule has 1 amide bonds. The fourth-order valence-electron chi connectivity index (χ4n) is 4.16. The first-order chi connectivity index (χ1) is 11.2. The molecule has 2 aromatic rings. The zero-order chi connectivity index (χ0) is 15.8. The van der Waals surface area contributed by atoms with Gasteiger partial charge in [-0.15, -0.1) is 0 Å². The van der Waals surface area contributed by atoms with Crippen molar-refractivity contribution in [2.75, 3.05) is 13.1 Å². The Morgan fingerprint density at radius 1 is 1.17 bits per heavy atom. The van der Waals surface area contributed by atoms with Gasteiger partial charge < -0.3 is 9.88 Å². The highest BCUT2D eigenvalue weighted by Crippen LogP contribution is 2.32. The molecule has 0 radical (unpaired) electrons. The summed E-state index contributed by atoms with van der Waals surface area (Å²) in [5.74, 6) is 1.48. The van der Waals surface area contributed by atoms with Gasteiger partial charge >= 0.3 is 0 Å². The lowest BCUT2D eigenvalue weighted by molar-refractivity contribution is -0.139. The van der Waals surface area contributed by atoms with E-state index >= 15 is 0 Å². The van der Waals surface area contributed by atoms with Crippen LogP contribution < -0.4 is 0 Å². The SMILES string of the molecule is Cc1[nH]c2ccccc2c1CC1CCN(C(=O)C2CCC2)CC1. The maximum atomic E-state index is 12.4. The molecule has 1 aromatic heterocycles. The number of hydrogen-bond acceptors (Lipinski definition) is 1. The van der Waals surface area contributed by atoms with Crippen molar-refractivity contribution in [3.8, 4) is 0 Å². The highest BCUT2D eigenvalue weighted by Gasteiger charge is 2.31. The lowest BCUT2D eigenvalue weighted by atomic mass is 9.83. The van der Waals surface area contributed by atoms with Gasteiger partial charge in [0, 0.05) is 35.6 Å². The molecule has 122 valence electrons. The summed E-state index contributed by atoms with van der Waals surface area (Å²) < 4.78 is 0. The van der Waals surface area contributed by atoms with Gasteiger partial charge in [-0.25, -0.2) is 0 Å². The topological polar surface area (TPSA) is 36.1 Å². The Kier molecular flexibility index (Phi) is 3.88. The Balaban J connectivity index is 1.40. The van der Waals surface area contributed by atoms with Gasteiger partial charge in [0.15, 0.2) is 0 Å². The molecule has 2 heterocycles. The van der Waals surface area contributed by atoms with E-state index in [1.54, 1.807) is 0 Å². The highest BCUT2D eigenvalue weighted by atomic mass is 16.2. The number of likely N-dealkylation sites (tertiary alicyclic amines) is 1. The smallest absolute Gasteiger partial charge is 0.225 e. The van der Waals surface area contributed by atoms with Crippen molar-refractivity contribution in [3.63, 3.8) is 0 Å². The summed E-state index contributed by atoms with van der Waals surface area (Å²) in [5, 5.41) is 1.37. The molecule has 2 fully saturated rings. The number of fused-ring (bicyclic) bond motifs is 1. The minimum Gasteiger partial charge on any atom is -0.358 e. The number of aryl methyl sites for hydroxylation is 1. The zero-order valence-electron chi connectivity index (χ0n) is 14.0. The summed E-state index contributed by atoms with van der Waals surface area (Å²) in [6, 6.07) is 8.60. The first-order valence-corrected chi connectivity index (χ1v) is 9.07. The first kappa shape index (κ1) is 14.8. The van der Waals surface area contributed by atoms with Crippen LogP contribution in [0.5, 0.6) is 0 Å². The van der Waals surface area contributed by atoms with Crippen LogP contribution in [0.1, 0.15) is 43.4 Å². The van der Waals surface area contributed by atoms with Gasteiger partial charge in [-0.05, 0) is 56.6 Å². The highest BCUT2D eigenvalue weighted by molar-refractivity contribution is 5.84. The normalized spacial score (nSPS) is 20.0. The zero-order valence-corrected chi connectivity index (χ0v) is 14.0. The number of carbonyl (C=O) groups excluding carboxylic acids is 1. The second-order valence-electron chi connectivity index (χ2n) is 7.37. The van der Waals surface area contributed by atoms with Gasteiger partial charge in [0.2, 0.25) is 5.91 Å². The minimum atomic E-state index is 0.349. The molecular weight excluding hydrogens is 284 g/mol. The molecule has 1 saturated heterocycles. The van der Waals surface area contributed by atoms with Crippen molar-refractivity contribution < 1.29 is 4.79 Å². The number of benzene rings is 1. The van der Waals surface area contributed by atoms with Gasteiger partial charge in [-0.1, -0.05) is 24.6 Å². The number of para-hydroxylation sites is 1. The summed E-state index contributed by atoms with van der Waals surface area (Å²) in [6.45, 7) is 4.10. The molecule has 3 nitrogen and oxygen atoms in total. The minimum absolute atomic E-state index is 0.349. The number of amides is 1. The van der Waals surface area contributed by atoms with E-state index in [4.69, 9.17) is 0 Å². The largest absolute Gasteiger partial charge is 0.358 e. The molecule has 3 heteroatoms. The Morgan fingerprint density at radius 3 is 2.61 bits per heavy atom. The summed E-state index contributed by atoms with van der Waals surface area (Å²) in [5.41, 5.74) is 4.03. The van der Waals surface area contributed by atoms with Gasteiger partial charge in [0.1, 0.15) is 0 Å². The third-order valence-electron chi connectivity index (χ3n) is 5.90. The quantitative estimate of drug-likeness (QED) is 0.912. The lowest BCUT2D eigenvalue weighted by Crippen LogP contribution is -2.43. The van der Waals surface area contributed by atoms with E-state index in [1.807, 2.05) is 0 Å². The van der Waals surface area contributed by atoms with Crippen molar-refractivity contribution >= 4 is 16.8 Å². The predicted molar refractivity (Wildman–Crippen MR) is 93.4 cm³/mol. The van der Waals surface area contributed by atoms with Crippen molar-refractivity contribution in [3.05, 3.63) is 35.5 Å². The molecule has 0 spiro atoms. The molecule has 1 aliphatic carbocycles. The fraction of sp³-hybridized carbons (Fsp3) is 0.550. The summed E-state index contributed by atoms with van der Waals surface area (Å²) in [4.78, 5) is 18.0. The van der Waals surface area contributed by atoms with Gasteiger partial charge in [0.25, 0.3) is 0 Å². The Bertz CT molecular complexity index is 706. The molecule has 1 aliphatic heterocycles. The van der Waals surface area contributed by atoms with Crippen LogP contribution in [0.3, 0.4) is 0 Å². The van der Waals surface area contributed by atoms with Crippen LogP contribution in [0.4, 0.5) is 0 Å². The van der Waals surface area contributed by atoms with Crippen molar-refractivity contribution in [1.82, 2.24) is 9.88 Å². The molecule has 2 aliphatic rings. The summed E-state index contributed by atoms with van der Waals surface area (Å²) in [7, 11) is 0. The Labute approximate surface area is 138 Å². The number of nitrogens with zero attached hydrogens (tertiary/aromatic N) is 1. The predicted octanol–water partition coefficient (Wildman–Crippen LogP) is 4.06. The molecular formula is C20H26N2O. The third kappa shape index (κ3) is 2.77. The lowest BCUT2D eigenvalue weighted by Gasteiger charge is -2.36. The van der Waals surface area contributed by atoms with E-state index in [2.05, 4.69) is 41.1 Å². The van der Waals surface area contributed by atoms with Gasteiger partial charge in [0.05, 0.1) is 0 Å². The standard InChI is InChI=1S/C20H26N2O/c1-14-18(17-7-2-3-8-19(17)21-14)13-15-9-11-22(12-10-15)20(23)16-5-4-6-16/h2-3,7-8,15-16,21H,4-6,9-13H2,1H3. The molecule has 0 atom stereocenters. The van der Waals surface area contributed by atoms with Gasteiger partial charge in [-0.3, -0.25) is 4.79 Å². The number of hydrogen-bond donors (Lipinski definition) is 1. The van der Waals surface area contributed by atoms with Crippen LogP contribution in [-0.2, 0) is 11.2 Å². The number of carbonyl (C=O) groups is 1. The molecule has 1 aromatic carbocycles. The van der Waals surface area contributed by atoms with E-state index in [-0.39, 0.29) is 0 Å². The van der Waals surface area contributed by atoms with Crippen molar-refractivity contribution in [1.29, 1.82) is 0 Å². The second-order valence-corrected chi connectivity index (χ2v) is 7.37. The molecule has 0 bridgehead atoms. The fourth-order valence-corrected chi connectivity index (χ4v) is 4.16. The summed E-state index contributed by atoms with van der Waals surface area (Å²) in [6.07, 6.45) is 6.92. The van der Waals surface area contributed by atoms with Crippen molar-refractivity contribution in [2.24, 2.45) is 11.8 Å². The number of H-pyrrole nitrogens is 1. The third-order valence-corrected chi connectivity index (χ3v) is 5.90. The molecule has 23 heavy (non-hydrogen) atoms. The number of rotatable bonds is 3. The van der Waals surface area contributed by atoms with Crippen LogP contribution in [0.2, 0.25) is 0 Å².